The molecule has 5 unspecified atom stereocenters. The van der Waals surface area contributed by atoms with E-state index in [-0.39, 0.29) is 12.8 Å². The summed E-state index contributed by atoms with van der Waals surface area (Å²) in [5, 5.41) is 26.0. The van der Waals surface area contributed by atoms with Crippen LogP contribution >= 0.6 is 0 Å². The Hall–Kier alpha value is -4.37. The van der Waals surface area contributed by atoms with Crippen LogP contribution in [0.25, 0.3) is 0 Å². The van der Waals surface area contributed by atoms with Crippen molar-refractivity contribution in [3.05, 3.63) is 71.8 Å². The highest BCUT2D eigenvalue weighted by atomic mass is 16.4. The fraction of sp³-hybridized carbons (Fsp3) is 0.485. The number of nitrogens with two attached hydrogens (primary N) is 4. The number of nitrogens with one attached hydrogen (secondary N) is 3. The lowest BCUT2D eigenvalue weighted by Crippen LogP contribution is -2.54. The van der Waals surface area contributed by atoms with Gasteiger partial charge < -0.3 is 49.1 Å². The molecule has 0 aliphatic heterocycles. The SMILES string of the molecule is CC(N)C(=O)NC(Cc1ccccc1)C(=O)NC(CCCCN)C(=O)O.NCCCCC(NC(=O)C(N)Cc1ccccc1)C(=O)O. The molecule has 0 saturated carbocycles. The molecule has 0 aromatic heterocycles. The average molecular weight is 658 g/mol. The van der Waals surface area contributed by atoms with Crippen LogP contribution in [0.4, 0.5) is 0 Å². The van der Waals surface area contributed by atoms with E-state index in [1.807, 2.05) is 60.7 Å². The first kappa shape index (κ1) is 40.7. The van der Waals surface area contributed by atoms with E-state index in [4.69, 9.17) is 28.0 Å². The Morgan fingerprint density at radius 2 is 1.00 bits per heavy atom. The van der Waals surface area contributed by atoms with Crippen molar-refractivity contribution in [1.82, 2.24) is 16.0 Å². The summed E-state index contributed by atoms with van der Waals surface area (Å²) >= 11 is 0. The maximum Gasteiger partial charge on any atom is 0.326 e. The number of carboxylic acid groups (broad SMARTS) is 2. The van der Waals surface area contributed by atoms with E-state index in [2.05, 4.69) is 16.0 Å². The first-order valence-corrected chi connectivity index (χ1v) is 15.7. The minimum atomic E-state index is -1.12. The topological polar surface area (TPSA) is 266 Å². The van der Waals surface area contributed by atoms with Gasteiger partial charge in [-0.15, -0.1) is 0 Å². The van der Waals surface area contributed by atoms with E-state index in [9.17, 15) is 29.1 Å². The van der Waals surface area contributed by atoms with Crippen LogP contribution in [0.15, 0.2) is 60.7 Å². The van der Waals surface area contributed by atoms with E-state index >= 15 is 0 Å². The van der Waals surface area contributed by atoms with Gasteiger partial charge >= 0.3 is 11.9 Å². The van der Waals surface area contributed by atoms with E-state index in [0.717, 1.165) is 17.5 Å². The fourth-order valence-electron chi connectivity index (χ4n) is 4.37. The van der Waals surface area contributed by atoms with Gasteiger partial charge in [0.15, 0.2) is 0 Å². The predicted octanol–water partition coefficient (Wildman–Crippen LogP) is 0.0143. The molecule has 47 heavy (non-hydrogen) atoms. The first-order valence-electron chi connectivity index (χ1n) is 15.7. The molecule has 2 aromatic rings. The molecule has 0 bridgehead atoms. The summed E-state index contributed by atoms with van der Waals surface area (Å²) in [5.74, 6) is -3.64. The molecule has 0 aliphatic carbocycles. The van der Waals surface area contributed by atoms with Gasteiger partial charge in [-0.05, 0) is 76.1 Å². The monoisotopic (exact) mass is 657 g/mol. The molecule has 14 heteroatoms. The summed E-state index contributed by atoms with van der Waals surface area (Å²) in [5.41, 5.74) is 24.0. The van der Waals surface area contributed by atoms with Gasteiger partial charge in [-0.1, -0.05) is 60.7 Å². The predicted molar refractivity (Wildman–Crippen MR) is 179 cm³/mol. The number of rotatable bonds is 20. The minimum Gasteiger partial charge on any atom is -0.480 e. The molecule has 0 fully saturated rings. The molecule has 3 amide bonds. The number of carboxylic acids is 2. The van der Waals surface area contributed by atoms with Gasteiger partial charge in [-0.3, -0.25) is 14.4 Å². The third kappa shape index (κ3) is 17.2. The average Bonchev–Trinajstić information content (AvgIpc) is 3.04. The molecule has 0 aliphatic rings. The number of amides is 3. The highest BCUT2D eigenvalue weighted by Gasteiger charge is 2.27. The Morgan fingerprint density at radius 1 is 0.596 bits per heavy atom. The third-order valence-electron chi connectivity index (χ3n) is 7.09. The Kier molecular flexibility index (Phi) is 19.9. The largest absolute Gasteiger partial charge is 0.480 e. The zero-order valence-electron chi connectivity index (χ0n) is 27.0. The summed E-state index contributed by atoms with van der Waals surface area (Å²) < 4.78 is 0. The van der Waals surface area contributed by atoms with Gasteiger partial charge in [0, 0.05) is 6.42 Å². The van der Waals surface area contributed by atoms with Crippen molar-refractivity contribution in [2.75, 3.05) is 13.1 Å². The van der Waals surface area contributed by atoms with Crippen molar-refractivity contribution in [3.63, 3.8) is 0 Å². The number of carbonyl (C=O) groups excluding carboxylic acids is 3. The van der Waals surface area contributed by atoms with Crippen LogP contribution in [0.1, 0.15) is 56.6 Å². The molecule has 0 heterocycles. The summed E-state index contributed by atoms with van der Waals surface area (Å²) in [6.45, 7) is 2.48. The molecule has 0 radical (unpaired) electrons. The van der Waals surface area contributed by atoms with E-state index < -0.39 is 59.9 Å². The lowest BCUT2D eigenvalue weighted by Gasteiger charge is -2.22. The van der Waals surface area contributed by atoms with E-state index in [0.29, 0.717) is 45.2 Å². The second-order valence-corrected chi connectivity index (χ2v) is 11.2. The summed E-state index contributed by atoms with van der Waals surface area (Å²) in [4.78, 5) is 59.0. The van der Waals surface area contributed by atoms with Gasteiger partial charge in [0.1, 0.15) is 18.1 Å². The summed E-state index contributed by atoms with van der Waals surface area (Å²) in [6.07, 6.45) is 3.89. The number of benzene rings is 2. The maximum absolute atomic E-state index is 12.6. The number of aliphatic carboxylic acids is 2. The molecule has 5 atom stereocenters. The molecule has 2 aromatic carbocycles. The third-order valence-corrected chi connectivity index (χ3v) is 7.09. The Labute approximate surface area is 276 Å². The van der Waals surface area contributed by atoms with Crippen molar-refractivity contribution in [1.29, 1.82) is 0 Å². The standard InChI is InChI=1S/C18H28N4O4.C15H23N3O3/c1-12(20)16(23)22-15(11-13-7-3-2-4-8-13)17(24)21-14(18(25)26)9-5-6-10-19;16-9-5-4-8-13(15(20)21)18-14(19)12(17)10-11-6-2-1-3-7-11/h2-4,7-8,12,14-15H,5-6,9-11,19-20H2,1H3,(H,21,24)(H,22,23)(H,25,26);1-3,6-7,12-13H,4-5,8-10,16-17H2,(H,18,19)(H,20,21). The molecule has 2 rings (SSSR count). The van der Waals surface area contributed by atoms with Gasteiger partial charge in [-0.25, -0.2) is 9.59 Å². The van der Waals surface area contributed by atoms with Crippen LogP contribution in [-0.4, -0.2) is 83.2 Å². The normalized spacial score (nSPS) is 13.8. The highest BCUT2D eigenvalue weighted by molar-refractivity contribution is 5.91. The molecule has 13 N–H and O–H groups in total. The van der Waals surface area contributed by atoms with Crippen molar-refractivity contribution < 1.29 is 34.2 Å². The van der Waals surface area contributed by atoms with Gasteiger partial charge in [0.2, 0.25) is 17.7 Å². The van der Waals surface area contributed by atoms with Crippen LogP contribution in [-0.2, 0) is 36.8 Å². The van der Waals surface area contributed by atoms with Crippen LogP contribution in [0.3, 0.4) is 0 Å². The van der Waals surface area contributed by atoms with Crippen molar-refractivity contribution in [2.24, 2.45) is 22.9 Å². The highest BCUT2D eigenvalue weighted by Crippen LogP contribution is 2.07. The molecule has 0 spiro atoms. The smallest absolute Gasteiger partial charge is 0.326 e. The molecule has 260 valence electrons. The Morgan fingerprint density at radius 3 is 1.40 bits per heavy atom. The maximum atomic E-state index is 12.6. The minimum absolute atomic E-state index is 0.236. The zero-order valence-corrected chi connectivity index (χ0v) is 27.0. The Bertz CT molecular complexity index is 1230. The van der Waals surface area contributed by atoms with Gasteiger partial charge in [0.25, 0.3) is 0 Å². The van der Waals surface area contributed by atoms with E-state index in [1.54, 1.807) is 0 Å². The molecular formula is C33H51N7O7. The molecule has 14 nitrogen and oxygen atoms in total. The number of hydrogen-bond donors (Lipinski definition) is 9. The second kappa shape index (κ2) is 23.0. The Balaban J connectivity index is 0.000000481. The van der Waals surface area contributed by atoms with Crippen molar-refractivity contribution >= 4 is 29.7 Å². The summed E-state index contributed by atoms with van der Waals surface area (Å²) in [6, 6.07) is 14.1. The number of carbonyl (C=O) groups is 5. The van der Waals surface area contributed by atoms with Crippen LogP contribution in [0.2, 0.25) is 0 Å². The van der Waals surface area contributed by atoms with Crippen molar-refractivity contribution in [2.45, 2.75) is 88.5 Å². The van der Waals surface area contributed by atoms with Gasteiger partial charge in [-0.2, -0.15) is 0 Å². The van der Waals surface area contributed by atoms with Crippen LogP contribution in [0.5, 0.6) is 0 Å². The lowest BCUT2D eigenvalue weighted by molar-refractivity contribution is -0.142. The molecule has 0 saturated heterocycles. The summed E-state index contributed by atoms with van der Waals surface area (Å²) in [7, 11) is 0. The first-order chi connectivity index (χ1) is 22.4. The fourth-order valence-corrected chi connectivity index (χ4v) is 4.37. The number of hydrogen-bond acceptors (Lipinski definition) is 9. The van der Waals surface area contributed by atoms with E-state index in [1.165, 1.54) is 6.92 Å². The van der Waals surface area contributed by atoms with Crippen molar-refractivity contribution in [3.8, 4) is 0 Å². The number of unbranched alkanes of at least 4 members (excludes halogenated alkanes) is 2. The van der Waals surface area contributed by atoms with Crippen LogP contribution in [0, 0.1) is 0 Å². The second-order valence-electron chi connectivity index (χ2n) is 11.2. The zero-order chi connectivity index (χ0) is 35.2. The lowest BCUT2D eigenvalue weighted by atomic mass is 10.0. The molecular weight excluding hydrogens is 606 g/mol. The quantitative estimate of drug-likeness (QED) is 0.0856. The van der Waals surface area contributed by atoms with Gasteiger partial charge in [0.05, 0.1) is 12.1 Å². The van der Waals surface area contributed by atoms with Crippen LogP contribution < -0.4 is 38.9 Å².